The third-order valence-corrected chi connectivity index (χ3v) is 4.91. The van der Waals surface area contributed by atoms with Gasteiger partial charge >= 0.3 is 6.03 Å². The molecular weight excluding hydrogens is 320 g/mol. The van der Waals surface area contributed by atoms with Gasteiger partial charge in [0.05, 0.1) is 0 Å². The lowest BCUT2D eigenvalue weighted by Crippen LogP contribution is -2.39. The predicted molar refractivity (Wildman–Crippen MR) is 105 cm³/mol. The highest BCUT2D eigenvalue weighted by Crippen LogP contribution is 2.22. The Bertz CT molecular complexity index is 905. The minimum Gasteiger partial charge on any atom is -0.320 e. The topological polar surface area (TPSA) is 32.3 Å². The van der Waals surface area contributed by atoms with Crippen molar-refractivity contribution in [1.29, 1.82) is 0 Å². The van der Waals surface area contributed by atoms with Gasteiger partial charge in [0.1, 0.15) is 0 Å². The summed E-state index contributed by atoms with van der Waals surface area (Å²) in [6.45, 7) is 1.42. The molecule has 1 aliphatic heterocycles. The van der Waals surface area contributed by atoms with E-state index in [2.05, 4.69) is 41.7 Å². The molecule has 2 amide bonds. The van der Waals surface area contributed by atoms with Crippen LogP contribution in [0, 0.1) is 0 Å². The fraction of sp³-hybridized carbons (Fsp3) is 0.174. The monoisotopic (exact) mass is 342 g/mol. The molecular formula is C23H22N2O. The van der Waals surface area contributed by atoms with E-state index in [1.807, 2.05) is 47.4 Å². The van der Waals surface area contributed by atoms with E-state index in [-0.39, 0.29) is 6.03 Å². The van der Waals surface area contributed by atoms with Crippen molar-refractivity contribution in [3.05, 3.63) is 101 Å². The molecule has 0 aliphatic carbocycles. The summed E-state index contributed by atoms with van der Waals surface area (Å²) in [4.78, 5) is 14.7. The van der Waals surface area contributed by atoms with Crippen molar-refractivity contribution in [3.63, 3.8) is 0 Å². The average molecular weight is 342 g/mol. The van der Waals surface area contributed by atoms with Crippen molar-refractivity contribution >= 4 is 11.7 Å². The third kappa shape index (κ3) is 3.62. The Hall–Kier alpha value is -3.07. The number of amides is 2. The number of para-hydroxylation sites is 1. The molecule has 1 aliphatic rings. The van der Waals surface area contributed by atoms with Gasteiger partial charge in [-0.05, 0) is 41.2 Å². The first-order valence-electron chi connectivity index (χ1n) is 9.04. The average Bonchev–Trinajstić information content (AvgIpc) is 2.70. The molecule has 0 fully saturated rings. The molecule has 0 saturated carbocycles. The Kier molecular flexibility index (Phi) is 4.69. The maximum absolute atomic E-state index is 12.8. The molecule has 0 bridgehead atoms. The fourth-order valence-corrected chi connectivity index (χ4v) is 3.48. The van der Waals surface area contributed by atoms with Gasteiger partial charge < -0.3 is 10.2 Å². The smallest absolute Gasteiger partial charge is 0.320 e. The second-order valence-corrected chi connectivity index (χ2v) is 6.69. The van der Waals surface area contributed by atoms with Gasteiger partial charge in [-0.15, -0.1) is 0 Å². The number of hydrogen-bond acceptors (Lipinski definition) is 1. The Morgan fingerprint density at radius 1 is 0.846 bits per heavy atom. The van der Waals surface area contributed by atoms with E-state index in [1.54, 1.807) is 0 Å². The molecule has 1 N–H and O–H groups in total. The zero-order valence-corrected chi connectivity index (χ0v) is 14.7. The number of carbonyl (C=O) groups is 1. The van der Waals surface area contributed by atoms with Crippen LogP contribution in [0.3, 0.4) is 0 Å². The zero-order chi connectivity index (χ0) is 17.8. The van der Waals surface area contributed by atoms with Gasteiger partial charge in [-0.1, -0.05) is 72.8 Å². The number of rotatable bonds is 3. The van der Waals surface area contributed by atoms with Gasteiger partial charge in [0, 0.05) is 18.8 Å². The highest BCUT2D eigenvalue weighted by Gasteiger charge is 2.20. The van der Waals surface area contributed by atoms with E-state index >= 15 is 0 Å². The molecule has 3 aromatic rings. The largest absolute Gasteiger partial charge is 0.322 e. The van der Waals surface area contributed by atoms with E-state index in [0.717, 1.165) is 30.6 Å². The number of urea groups is 1. The SMILES string of the molecule is O=C(Nc1ccccc1Cc1ccccc1)N1CCc2ccccc2C1. The molecule has 3 nitrogen and oxygen atoms in total. The quantitative estimate of drug-likeness (QED) is 0.724. The summed E-state index contributed by atoms with van der Waals surface area (Å²) in [5.41, 5.74) is 5.85. The van der Waals surface area contributed by atoms with Crippen LogP contribution in [0.1, 0.15) is 22.3 Å². The normalized spacial score (nSPS) is 13.2. The minimum absolute atomic E-state index is 0.0278. The molecule has 1 heterocycles. The van der Waals surface area contributed by atoms with E-state index in [0.29, 0.717) is 6.54 Å². The van der Waals surface area contributed by atoms with E-state index in [4.69, 9.17) is 0 Å². The van der Waals surface area contributed by atoms with Crippen LogP contribution < -0.4 is 5.32 Å². The molecule has 3 heteroatoms. The summed E-state index contributed by atoms with van der Waals surface area (Å²) >= 11 is 0. The van der Waals surface area contributed by atoms with Crippen LogP contribution in [0.15, 0.2) is 78.9 Å². The van der Waals surface area contributed by atoms with Gasteiger partial charge in [-0.25, -0.2) is 4.79 Å². The summed E-state index contributed by atoms with van der Waals surface area (Å²) in [5.74, 6) is 0. The van der Waals surface area contributed by atoms with Gasteiger partial charge in [0.15, 0.2) is 0 Å². The third-order valence-electron chi connectivity index (χ3n) is 4.91. The highest BCUT2D eigenvalue weighted by atomic mass is 16.2. The fourth-order valence-electron chi connectivity index (χ4n) is 3.48. The second-order valence-electron chi connectivity index (χ2n) is 6.69. The van der Waals surface area contributed by atoms with E-state index in [1.165, 1.54) is 16.7 Å². The Morgan fingerprint density at radius 2 is 1.54 bits per heavy atom. The Morgan fingerprint density at radius 3 is 2.38 bits per heavy atom. The number of anilines is 1. The standard InChI is InChI=1S/C23H22N2O/c26-23(25-15-14-19-10-4-5-12-21(19)17-25)24-22-13-7-6-11-20(22)16-18-8-2-1-3-9-18/h1-13H,14-17H2,(H,24,26). The van der Waals surface area contributed by atoms with Crippen molar-refractivity contribution in [2.45, 2.75) is 19.4 Å². The number of benzene rings is 3. The Labute approximate surface area is 154 Å². The number of hydrogen-bond donors (Lipinski definition) is 1. The first kappa shape index (κ1) is 16.4. The maximum Gasteiger partial charge on any atom is 0.322 e. The second kappa shape index (κ2) is 7.44. The minimum atomic E-state index is -0.0278. The van der Waals surface area contributed by atoms with Gasteiger partial charge in [0.2, 0.25) is 0 Å². The number of carbonyl (C=O) groups excluding carboxylic acids is 1. The number of nitrogens with one attached hydrogen (secondary N) is 1. The Balaban J connectivity index is 1.48. The van der Waals surface area contributed by atoms with Crippen LogP contribution in [0.25, 0.3) is 0 Å². The lowest BCUT2D eigenvalue weighted by Gasteiger charge is -2.29. The van der Waals surface area contributed by atoms with Gasteiger partial charge in [-0.3, -0.25) is 0 Å². The van der Waals surface area contributed by atoms with Gasteiger partial charge in [0.25, 0.3) is 0 Å². The first-order valence-corrected chi connectivity index (χ1v) is 9.04. The van der Waals surface area contributed by atoms with Crippen LogP contribution in [0.2, 0.25) is 0 Å². The molecule has 0 unspecified atom stereocenters. The lowest BCUT2D eigenvalue weighted by molar-refractivity contribution is 0.206. The summed E-state index contributed by atoms with van der Waals surface area (Å²) in [6, 6.07) is 26.7. The van der Waals surface area contributed by atoms with Crippen molar-refractivity contribution in [3.8, 4) is 0 Å². The maximum atomic E-state index is 12.8. The summed E-state index contributed by atoms with van der Waals surface area (Å²) in [6.07, 6.45) is 1.72. The molecule has 0 spiro atoms. The van der Waals surface area contributed by atoms with Crippen LogP contribution in [-0.2, 0) is 19.4 Å². The van der Waals surface area contributed by atoms with Crippen LogP contribution in [-0.4, -0.2) is 17.5 Å². The molecule has 4 rings (SSSR count). The summed E-state index contributed by atoms with van der Waals surface area (Å²) in [7, 11) is 0. The molecule has 0 aromatic heterocycles. The van der Waals surface area contributed by atoms with Crippen molar-refractivity contribution in [2.75, 3.05) is 11.9 Å². The van der Waals surface area contributed by atoms with Crippen LogP contribution in [0.5, 0.6) is 0 Å². The van der Waals surface area contributed by atoms with E-state index in [9.17, 15) is 4.79 Å². The molecule has 0 saturated heterocycles. The van der Waals surface area contributed by atoms with Crippen molar-refractivity contribution in [2.24, 2.45) is 0 Å². The molecule has 0 radical (unpaired) electrons. The van der Waals surface area contributed by atoms with Crippen molar-refractivity contribution < 1.29 is 4.79 Å². The molecule has 130 valence electrons. The number of fused-ring (bicyclic) bond motifs is 1. The first-order chi connectivity index (χ1) is 12.8. The summed E-state index contributed by atoms with van der Waals surface area (Å²) < 4.78 is 0. The van der Waals surface area contributed by atoms with Crippen LogP contribution in [0.4, 0.5) is 10.5 Å². The number of nitrogens with zero attached hydrogens (tertiary/aromatic N) is 1. The van der Waals surface area contributed by atoms with Crippen molar-refractivity contribution in [1.82, 2.24) is 4.90 Å². The molecule has 0 atom stereocenters. The summed E-state index contributed by atoms with van der Waals surface area (Å²) in [5, 5.41) is 3.12. The predicted octanol–water partition coefficient (Wildman–Crippen LogP) is 4.87. The van der Waals surface area contributed by atoms with Crippen LogP contribution >= 0.6 is 0 Å². The molecule has 3 aromatic carbocycles. The molecule has 26 heavy (non-hydrogen) atoms. The van der Waals surface area contributed by atoms with E-state index < -0.39 is 0 Å². The lowest BCUT2D eigenvalue weighted by atomic mass is 10.0. The zero-order valence-electron chi connectivity index (χ0n) is 14.7. The van der Waals surface area contributed by atoms with Gasteiger partial charge in [-0.2, -0.15) is 0 Å². The highest BCUT2D eigenvalue weighted by molar-refractivity contribution is 5.90.